The van der Waals surface area contributed by atoms with Crippen molar-refractivity contribution in [2.24, 2.45) is 0 Å². The minimum atomic E-state index is -0.0184. The number of quaternary nitrogens is 1. The molecule has 0 atom stereocenters. The summed E-state index contributed by atoms with van der Waals surface area (Å²) in [6, 6.07) is 13.3. The molecular weight excluding hydrogens is 354 g/mol. The Morgan fingerprint density at radius 2 is 2.04 bits per heavy atom. The number of aryl methyl sites for hydroxylation is 1. The van der Waals surface area contributed by atoms with Crippen molar-refractivity contribution < 1.29 is 9.69 Å². The van der Waals surface area contributed by atoms with Gasteiger partial charge in [0.25, 0.3) is 5.91 Å². The Labute approximate surface area is 156 Å². The van der Waals surface area contributed by atoms with Crippen LogP contribution in [0.15, 0.2) is 42.5 Å². The van der Waals surface area contributed by atoms with Crippen LogP contribution < -0.4 is 9.80 Å². The third-order valence-electron chi connectivity index (χ3n) is 3.92. The maximum atomic E-state index is 13.1. The van der Waals surface area contributed by atoms with Crippen LogP contribution in [0, 0.1) is 6.92 Å². The quantitative estimate of drug-likeness (QED) is 0.745. The zero-order valence-electron chi connectivity index (χ0n) is 14.5. The van der Waals surface area contributed by atoms with E-state index in [-0.39, 0.29) is 5.91 Å². The van der Waals surface area contributed by atoms with Crippen molar-refractivity contribution in [2.75, 3.05) is 32.1 Å². The predicted octanol–water partition coefficient (Wildman–Crippen LogP) is 3.05. The first-order valence-electron chi connectivity index (χ1n) is 8.17. The molecule has 0 radical (unpaired) electrons. The largest absolute Gasteiger partial charge is 0.338 e. The highest BCUT2D eigenvalue weighted by molar-refractivity contribution is 7.22. The van der Waals surface area contributed by atoms with E-state index in [1.165, 1.54) is 16.2 Å². The number of anilines is 1. The van der Waals surface area contributed by atoms with Crippen LogP contribution in [0.5, 0.6) is 0 Å². The van der Waals surface area contributed by atoms with Gasteiger partial charge in [0.05, 0.1) is 37.4 Å². The van der Waals surface area contributed by atoms with Crippen molar-refractivity contribution in [3.63, 3.8) is 0 Å². The fourth-order valence-electron chi connectivity index (χ4n) is 2.56. The summed E-state index contributed by atoms with van der Waals surface area (Å²) in [4.78, 5) is 20.8. The molecule has 0 saturated heterocycles. The molecule has 0 bridgehead atoms. The molecule has 130 valence electrons. The van der Waals surface area contributed by atoms with Gasteiger partial charge in [0.15, 0.2) is 5.13 Å². The molecule has 25 heavy (non-hydrogen) atoms. The van der Waals surface area contributed by atoms with Crippen molar-refractivity contribution in [1.29, 1.82) is 0 Å². The molecule has 3 aromatic rings. The van der Waals surface area contributed by atoms with Gasteiger partial charge >= 0.3 is 0 Å². The predicted molar refractivity (Wildman–Crippen MR) is 105 cm³/mol. The Bertz CT molecular complexity index is 907. The second-order valence-corrected chi connectivity index (χ2v) is 7.84. The number of thiazole rings is 1. The summed E-state index contributed by atoms with van der Waals surface area (Å²) in [6.45, 7) is 3.45. The summed E-state index contributed by atoms with van der Waals surface area (Å²) in [5.41, 5.74) is 2.62. The van der Waals surface area contributed by atoms with Gasteiger partial charge in [-0.05, 0) is 37.3 Å². The average molecular weight is 375 g/mol. The SMILES string of the molecule is Cc1cccc(C(=O)N(CC[NH+](C)C)c2nc3ccc(Cl)cc3s2)c1. The number of nitrogens with zero attached hydrogens (tertiary/aromatic N) is 2. The monoisotopic (exact) mass is 374 g/mol. The van der Waals surface area contributed by atoms with Crippen LogP contribution in [-0.4, -0.2) is 38.1 Å². The standard InChI is InChI=1S/C19H20ClN3OS/c1-13-5-4-6-14(11-13)18(24)23(10-9-22(2)3)19-21-16-8-7-15(20)12-17(16)25-19/h4-8,11-12H,9-10H2,1-3H3/p+1. The molecule has 4 nitrogen and oxygen atoms in total. The van der Waals surface area contributed by atoms with E-state index in [9.17, 15) is 4.79 Å². The van der Waals surface area contributed by atoms with Gasteiger partial charge in [-0.2, -0.15) is 0 Å². The minimum Gasteiger partial charge on any atom is -0.338 e. The lowest BCUT2D eigenvalue weighted by Crippen LogP contribution is -3.06. The second kappa shape index (κ2) is 7.52. The Kier molecular flexibility index (Phi) is 5.37. The van der Waals surface area contributed by atoms with Gasteiger partial charge in [0.2, 0.25) is 0 Å². The van der Waals surface area contributed by atoms with E-state index in [4.69, 9.17) is 11.6 Å². The number of fused-ring (bicyclic) bond motifs is 1. The fraction of sp³-hybridized carbons (Fsp3) is 0.263. The number of nitrogens with one attached hydrogen (secondary N) is 1. The highest BCUT2D eigenvalue weighted by atomic mass is 35.5. The lowest BCUT2D eigenvalue weighted by atomic mass is 10.1. The van der Waals surface area contributed by atoms with Gasteiger partial charge in [0.1, 0.15) is 0 Å². The Hall–Kier alpha value is -1.95. The van der Waals surface area contributed by atoms with Gasteiger partial charge in [-0.3, -0.25) is 9.69 Å². The van der Waals surface area contributed by atoms with Crippen LogP contribution >= 0.6 is 22.9 Å². The van der Waals surface area contributed by atoms with Crippen molar-refractivity contribution in [2.45, 2.75) is 6.92 Å². The molecule has 1 aromatic heterocycles. The Morgan fingerprint density at radius 3 is 2.76 bits per heavy atom. The van der Waals surface area contributed by atoms with E-state index >= 15 is 0 Å². The van der Waals surface area contributed by atoms with Crippen molar-refractivity contribution >= 4 is 44.2 Å². The number of carbonyl (C=O) groups is 1. The first kappa shape index (κ1) is 17.9. The van der Waals surface area contributed by atoms with Crippen LogP contribution in [0.4, 0.5) is 5.13 Å². The summed E-state index contributed by atoms with van der Waals surface area (Å²) in [5, 5.41) is 1.39. The molecule has 1 N–H and O–H groups in total. The first-order chi connectivity index (χ1) is 11.9. The van der Waals surface area contributed by atoms with E-state index < -0.39 is 0 Å². The molecule has 1 heterocycles. The van der Waals surface area contributed by atoms with Gasteiger partial charge in [0, 0.05) is 10.6 Å². The smallest absolute Gasteiger partial charge is 0.260 e. The second-order valence-electron chi connectivity index (χ2n) is 6.39. The lowest BCUT2D eigenvalue weighted by molar-refractivity contribution is -0.856. The number of halogens is 1. The maximum absolute atomic E-state index is 13.1. The van der Waals surface area contributed by atoms with Crippen LogP contribution in [-0.2, 0) is 0 Å². The molecule has 0 fully saturated rings. The molecule has 0 aliphatic carbocycles. The van der Waals surface area contributed by atoms with Crippen molar-refractivity contribution in [3.05, 3.63) is 58.6 Å². The summed E-state index contributed by atoms with van der Waals surface area (Å²) >= 11 is 7.58. The van der Waals surface area contributed by atoms with E-state index in [1.807, 2.05) is 49.4 Å². The number of benzene rings is 2. The number of likely N-dealkylation sites (N-methyl/N-ethyl adjacent to an activating group) is 1. The number of aromatic nitrogens is 1. The minimum absolute atomic E-state index is 0.0184. The first-order valence-corrected chi connectivity index (χ1v) is 9.37. The number of hydrogen-bond donors (Lipinski definition) is 1. The topological polar surface area (TPSA) is 37.6 Å². The normalized spacial score (nSPS) is 11.2. The number of rotatable bonds is 5. The van der Waals surface area contributed by atoms with E-state index in [2.05, 4.69) is 19.1 Å². The molecule has 0 aliphatic heterocycles. The summed E-state index contributed by atoms with van der Waals surface area (Å²) in [7, 11) is 4.15. The molecule has 0 spiro atoms. The molecule has 2 aromatic carbocycles. The van der Waals surface area contributed by atoms with E-state index in [0.29, 0.717) is 22.3 Å². The van der Waals surface area contributed by atoms with Crippen LogP contribution in [0.2, 0.25) is 5.02 Å². The van der Waals surface area contributed by atoms with E-state index in [0.717, 1.165) is 22.3 Å². The fourth-order valence-corrected chi connectivity index (χ4v) is 3.82. The van der Waals surface area contributed by atoms with Crippen LogP contribution in [0.25, 0.3) is 10.2 Å². The summed E-state index contributed by atoms with van der Waals surface area (Å²) in [6.07, 6.45) is 0. The van der Waals surface area contributed by atoms with Crippen molar-refractivity contribution in [1.82, 2.24) is 4.98 Å². The Balaban J connectivity index is 1.99. The highest BCUT2D eigenvalue weighted by Crippen LogP contribution is 2.31. The molecular formula is C19H21ClN3OS+. The molecule has 6 heteroatoms. The van der Waals surface area contributed by atoms with Crippen molar-refractivity contribution in [3.8, 4) is 0 Å². The zero-order valence-corrected chi connectivity index (χ0v) is 16.1. The highest BCUT2D eigenvalue weighted by Gasteiger charge is 2.22. The zero-order chi connectivity index (χ0) is 18.0. The van der Waals surface area contributed by atoms with Gasteiger partial charge in [-0.1, -0.05) is 40.6 Å². The number of carbonyl (C=O) groups excluding carboxylic acids is 1. The third-order valence-corrected chi connectivity index (χ3v) is 5.19. The summed E-state index contributed by atoms with van der Waals surface area (Å²) < 4.78 is 0.988. The van der Waals surface area contributed by atoms with Gasteiger partial charge in [-0.25, -0.2) is 4.98 Å². The van der Waals surface area contributed by atoms with Gasteiger partial charge < -0.3 is 4.90 Å². The Morgan fingerprint density at radius 1 is 1.24 bits per heavy atom. The van der Waals surface area contributed by atoms with Gasteiger partial charge in [-0.15, -0.1) is 0 Å². The lowest BCUT2D eigenvalue weighted by Gasteiger charge is -2.21. The molecule has 3 rings (SSSR count). The van der Waals surface area contributed by atoms with E-state index in [1.54, 1.807) is 4.90 Å². The summed E-state index contributed by atoms with van der Waals surface area (Å²) in [5.74, 6) is -0.0184. The van der Waals surface area contributed by atoms with Crippen LogP contribution in [0.1, 0.15) is 15.9 Å². The number of amides is 1. The maximum Gasteiger partial charge on any atom is 0.260 e. The molecule has 0 unspecified atom stereocenters. The molecule has 1 amide bonds. The van der Waals surface area contributed by atoms with Crippen LogP contribution in [0.3, 0.4) is 0 Å². The average Bonchev–Trinajstić information content (AvgIpc) is 2.97. The third kappa shape index (κ3) is 4.18. The number of hydrogen-bond acceptors (Lipinski definition) is 3. The molecule has 0 saturated carbocycles. The molecule has 0 aliphatic rings.